The molecule has 2 aromatic rings. The molecule has 0 spiro atoms. The van der Waals surface area contributed by atoms with Crippen molar-refractivity contribution < 1.29 is 4.39 Å². The summed E-state index contributed by atoms with van der Waals surface area (Å²) >= 11 is 0. The van der Waals surface area contributed by atoms with Crippen molar-refractivity contribution in [1.29, 1.82) is 0 Å². The summed E-state index contributed by atoms with van der Waals surface area (Å²) in [5, 5.41) is 0. The second-order valence-electron chi connectivity index (χ2n) is 4.90. The molecule has 4 nitrogen and oxygen atoms in total. The number of benzene rings is 1. The molecule has 5 heteroatoms. The number of halogens is 1. The lowest BCUT2D eigenvalue weighted by molar-refractivity contribution is 0.620. The Balaban J connectivity index is 1.69. The second kappa shape index (κ2) is 5.36. The molecule has 1 aliphatic heterocycles. The number of piperazine rings is 1. The first-order chi connectivity index (χ1) is 9.72. The molecule has 0 saturated carbocycles. The van der Waals surface area contributed by atoms with Crippen LogP contribution in [-0.4, -0.2) is 31.2 Å². The molecule has 0 radical (unpaired) electrons. The fourth-order valence-electron chi connectivity index (χ4n) is 2.51. The highest BCUT2D eigenvalue weighted by Gasteiger charge is 2.18. The van der Waals surface area contributed by atoms with Gasteiger partial charge in [-0.2, -0.15) is 0 Å². The molecule has 1 fully saturated rings. The Hall–Kier alpha value is -2.30. The summed E-state index contributed by atoms with van der Waals surface area (Å²) in [6.45, 7) is 3.40. The van der Waals surface area contributed by atoms with Crippen LogP contribution in [-0.2, 0) is 0 Å². The summed E-state index contributed by atoms with van der Waals surface area (Å²) < 4.78 is 13.4. The van der Waals surface area contributed by atoms with E-state index in [1.807, 2.05) is 24.3 Å². The summed E-state index contributed by atoms with van der Waals surface area (Å²) in [4.78, 5) is 8.74. The molecule has 0 atom stereocenters. The molecular formula is C15H17FN4. The molecule has 2 N–H and O–H groups in total. The average Bonchev–Trinajstić information content (AvgIpc) is 2.47. The van der Waals surface area contributed by atoms with E-state index in [9.17, 15) is 4.39 Å². The highest BCUT2D eigenvalue weighted by molar-refractivity contribution is 5.57. The van der Waals surface area contributed by atoms with Crippen molar-refractivity contribution in [1.82, 2.24) is 4.98 Å². The van der Waals surface area contributed by atoms with Gasteiger partial charge in [-0.1, -0.05) is 6.07 Å². The number of hydrogen-bond acceptors (Lipinski definition) is 4. The maximum absolute atomic E-state index is 13.4. The maximum Gasteiger partial charge on any atom is 0.128 e. The Morgan fingerprint density at radius 3 is 2.40 bits per heavy atom. The first-order valence-corrected chi connectivity index (χ1v) is 6.69. The second-order valence-corrected chi connectivity index (χ2v) is 4.90. The molecule has 0 amide bonds. The molecule has 0 unspecified atom stereocenters. The van der Waals surface area contributed by atoms with Gasteiger partial charge in [0, 0.05) is 43.8 Å². The van der Waals surface area contributed by atoms with Gasteiger partial charge in [0.2, 0.25) is 0 Å². The highest BCUT2D eigenvalue weighted by Crippen LogP contribution is 2.22. The number of pyridine rings is 1. The van der Waals surface area contributed by atoms with Gasteiger partial charge in [-0.3, -0.25) is 0 Å². The monoisotopic (exact) mass is 272 g/mol. The fourth-order valence-corrected chi connectivity index (χ4v) is 2.51. The molecule has 0 aliphatic carbocycles. The highest BCUT2D eigenvalue weighted by atomic mass is 19.1. The number of rotatable bonds is 2. The van der Waals surface area contributed by atoms with Gasteiger partial charge in [0.25, 0.3) is 0 Å². The van der Waals surface area contributed by atoms with Gasteiger partial charge >= 0.3 is 0 Å². The first kappa shape index (κ1) is 12.7. The van der Waals surface area contributed by atoms with Crippen molar-refractivity contribution in [2.45, 2.75) is 0 Å². The number of nitrogens with zero attached hydrogens (tertiary/aromatic N) is 3. The van der Waals surface area contributed by atoms with E-state index >= 15 is 0 Å². The third kappa shape index (κ3) is 2.66. The summed E-state index contributed by atoms with van der Waals surface area (Å²) in [7, 11) is 0. The smallest absolute Gasteiger partial charge is 0.128 e. The van der Waals surface area contributed by atoms with Crippen LogP contribution >= 0.6 is 0 Å². The first-order valence-electron chi connectivity index (χ1n) is 6.69. The van der Waals surface area contributed by atoms with Crippen LogP contribution < -0.4 is 15.5 Å². The van der Waals surface area contributed by atoms with E-state index in [0.29, 0.717) is 5.69 Å². The van der Waals surface area contributed by atoms with Crippen LogP contribution in [0.4, 0.5) is 21.6 Å². The van der Waals surface area contributed by atoms with Gasteiger partial charge in [0.05, 0.1) is 0 Å². The predicted molar refractivity (Wildman–Crippen MR) is 79.5 cm³/mol. The molecular weight excluding hydrogens is 255 g/mol. The molecule has 104 valence electrons. The quantitative estimate of drug-likeness (QED) is 0.851. The molecule has 2 heterocycles. The van der Waals surface area contributed by atoms with E-state index in [4.69, 9.17) is 5.73 Å². The molecule has 1 aromatic heterocycles. The van der Waals surface area contributed by atoms with Gasteiger partial charge < -0.3 is 15.5 Å². The number of anilines is 3. The van der Waals surface area contributed by atoms with Crippen LogP contribution in [0.25, 0.3) is 0 Å². The standard InChI is InChI=1S/C15H17FN4/c16-12-9-13(17)11-14(10-12)19-5-7-20(8-6-19)15-3-1-2-4-18-15/h1-4,9-11H,5-8,17H2. The molecule has 1 saturated heterocycles. The fraction of sp³-hybridized carbons (Fsp3) is 0.267. The zero-order chi connectivity index (χ0) is 13.9. The Morgan fingerprint density at radius 2 is 1.75 bits per heavy atom. The summed E-state index contributed by atoms with van der Waals surface area (Å²) in [5.41, 5.74) is 7.01. The van der Waals surface area contributed by atoms with Crippen LogP contribution in [0.5, 0.6) is 0 Å². The van der Waals surface area contributed by atoms with Gasteiger partial charge in [-0.05, 0) is 30.3 Å². The summed E-state index contributed by atoms with van der Waals surface area (Å²) in [5.74, 6) is 0.707. The summed E-state index contributed by atoms with van der Waals surface area (Å²) in [6, 6.07) is 10.6. The molecule has 1 aliphatic rings. The van der Waals surface area contributed by atoms with Gasteiger partial charge in [0.1, 0.15) is 11.6 Å². The zero-order valence-electron chi connectivity index (χ0n) is 11.2. The van der Waals surface area contributed by atoms with E-state index in [0.717, 1.165) is 37.7 Å². The van der Waals surface area contributed by atoms with Crippen molar-refractivity contribution in [2.24, 2.45) is 0 Å². The lowest BCUT2D eigenvalue weighted by Crippen LogP contribution is -2.46. The SMILES string of the molecule is Nc1cc(F)cc(N2CCN(c3ccccn3)CC2)c1. The Morgan fingerprint density at radius 1 is 1.00 bits per heavy atom. The van der Waals surface area contributed by atoms with Gasteiger partial charge in [-0.15, -0.1) is 0 Å². The number of nitrogen functional groups attached to an aromatic ring is 1. The number of nitrogens with two attached hydrogens (primary N) is 1. The third-order valence-electron chi connectivity index (χ3n) is 3.52. The minimum atomic E-state index is -0.285. The minimum Gasteiger partial charge on any atom is -0.399 e. The van der Waals surface area contributed by atoms with E-state index in [1.165, 1.54) is 12.1 Å². The zero-order valence-corrected chi connectivity index (χ0v) is 11.2. The van der Waals surface area contributed by atoms with E-state index in [1.54, 1.807) is 6.20 Å². The third-order valence-corrected chi connectivity index (χ3v) is 3.52. The van der Waals surface area contributed by atoms with E-state index in [-0.39, 0.29) is 5.82 Å². The maximum atomic E-state index is 13.4. The van der Waals surface area contributed by atoms with Crippen molar-refractivity contribution in [2.75, 3.05) is 41.7 Å². The molecule has 3 rings (SSSR count). The summed E-state index contributed by atoms with van der Waals surface area (Å²) in [6.07, 6.45) is 1.80. The van der Waals surface area contributed by atoms with Gasteiger partial charge in [0.15, 0.2) is 0 Å². The Labute approximate surface area is 117 Å². The van der Waals surface area contributed by atoms with Crippen molar-refractivity contribution in [3.05, 3.63) is 48.4 Å². The van der Waals surface area contributed by atoms with Crippen molar-refractivity contribution in [3.8, 4) is 0 Å². The predicted octanol–water partition coefficient (Wildman–Crippen LogP) is 2.13. The van der Waals surface area contributed by atoms with Crippen LogP contribution in [0.15, 0.2) is 42.6 Å². The van der Waals surface area contributed by atoms with Crippen LogP contribution in [0.1, 0.15) is 0 Å². The van der Waals surface area contributed by atoms with Crippen molar-refractivity contribution in [3.63, 3.8) is 0 Å². The minimum absolute atomic E-state index is 0.285. The Bertz CT molecular complexity index is 559. The number of aromatic nitrogens is 1. The molecule has 1 aromatic carbocycles. The lowest BCUT2D eigenvalue weighted by Gasteiger charge is -2.36. The van der Waals surface area contributed by atoms with E-state index < -0.39 is 0 Å². The normalized spacial score (nSPS) is 15.4. The van der Waals surface area contributed by atoms with Crippen LogP contribution in [0.2, 0.25) is 0 Å². The average molecular weight is 272 g/mol. The van der Waals surface area contributed by atoms with Crippen molar-refractivity contribution >= 4 is 17.2 Å². The van der Waals surface area contributed by atoms with Crippen LogP contribution in [0.3, 0.4) is 0 Å². The topological polar surface area (TPSA) is 45.4 Å². The molecule has 0 bridgehead atoms. The lowest BCUT2D eigenvalue weighted by atomic mass is 10.2. The molecule has 20 heavy (non-hydrogen) atoms. The largest absolute Gasteiger partial charge is 0.399 e. The van der Waals surface area contributed by atoms with Crippen LogP contribution in [0, 0.1) is 5.82 Å². The Kier molecular flexibility index (Phi) is 3.41. The van der Waals surface area contributed by atoms with E-state index in [2.05, 4.69) is 14.8 Å². The van der Waals surface area contributed by atoms with Gasteiger partial charge in [-0.25, -0.2) is 9.37 Å². The number of hydrogen-bond donors (Lipinski definition) is 1.